The van der Waals surface area contributed by atoms with Crippen molar-refractivity contribution in [3.63, 3.8) is 0 Å². The maximum Gasteiger partial charge on any atom is 0.122 e. The lowest BCUT2D eigenvalue weighted by molar-refractivity contribution is 0.410. The Labute approximate surface area is 546 Å². The van der Waals surface area contributed by atoms with Crippen LogP contribution < -0.4 is 18.9 Å². The predicted molar refractivity (Wildman–Crippen MR) is 374 cm³/mol. The molecule has 12 aromatic rings. The first-order chi connectivity index (χ1) is 41.9. The summed E-state index contributed by atoms with van der Waals surface area (Å²) in [5.41, 5.74) is 10.2. The minimum atomic E-state index is 0.315. The molecule has 86 heavy (non-hydrogen) atoms. The van der Waals surface area contributed by atoms with Gasteiger partial charge in [-0.05, 0) is 245 Å². The van der Waals surface area contributed by atoms with E-state index in [9.17, 15) is 20.4 Å². The normalized spacial score (nSPS) is 10.6. The van der Waals surface area contributed by atoms with Crippen LogP contribution in [0.5, 0.6) is 46.0 Å². The van der Waals surface area contributed by atoms with E-state index in [-0.39, 0.29) is 0 Å². The second-order valence-electron chi connectivity index (χ2n) is 19.5. The van der Waals surface area contributed by atoms with E-state index in [1.165, 1.54) is 29.3 Å². The van der Waals surface area contributed by atoms with E-state index in [0.717, 1.165) is 85.8 Å². The van der Waals surface area contributed by atoms with Crippen molar-refractivity contribution in [3.05, 3.63) is 281 Å². The molecule has 0 spiro atoms. The molecule has 0 saturated heterocycles. The van der Waals surface area contributed by atoms with Gasteiger partial charge in [-0.3, -0.25) is 0 Å². The molecule has 0 aliphatic heterocycles. The predicted octanol–water partition coefficient (Wildman–Crippen LogP) is 20.1. The van der Waals surface area contributed by atoms with Gasteiger partial charge in [0.1, 0.15) is 46.0 Å². The van der Waals surface area contributed by atoms with Crippen LogP contribution in [0, 0.1) is 7.14 Å². The first-order valence-electron chi connectivity index (χ1n) is 27.2. The molecule has 0 aliphatic carbocycles. The zero-order valence-corrected chi connectivity index (χ0v) is 55.2. The third-order valence-corrected chi connectivity index (χ3v) is 19.6. The van der Waals surface area contributed by atoms with Gasteiger partial charge >= 0.3 is 0 Å². The van der Waals surface area contributed by atoms with E-state index in [1.54, 1.807) is 98.1 Å². The SMILES string of the molecule is COc1ccccc1Cc1cc(-c2ccc(-c3cccs3)s2)ccc1O.COc1ccccc1Cc1cc(-c2ccc(-c3cccs3)s2)ccc1O.COc1ccccc1Cc1cc(I)ccc1O.COc1ccccc1Cc1cc(I)ccc1O. The number of thiophene rings is 4. The number of aromatic hydroxyl groups is 4. The first kappa shape index (κ1) is 62.9. The van der Waals surface area contributed by atoms with Crippen LogP contribution in [0.25, 0.3) is 40.4 Å². The van der Waals surface area contributed by atoms with Gasteiger partial charge in [-0.2, -0.15) is 0 Å². The average Bonchev–Trinajstić information content (AvgIpc) is 4.08. The molecule has 0 bridgehead atoms. The Morgan fingerprint density at radius 3 is 0.884 bits per heavy atom. The summed E-state index contributed by atoms with van der Waals surface area (Å²) in [6, 6.07) is 71.5. The van der Waals surface area contributed by atoms with E-state index >= 15 is 0 Å². The molecule has 4 N–H and O–H groups in total. The molecule has 436 valence electrons. The highest BCUT2D eigenvalue weighted by Crippen LogP contribution is 2.41. The van der Waals surface area contributed by atoms with Crippen molar-refractivity contribution in [2.24, 2.45) is 0 Å². The lowest BCUT2D eigenvalue weighted by Gasteiger charge is -2.10. The summed E-state index contributed by atoms with van der Waals surface area (Å²) in [7, 11) is 6.67. The lowest BCUT2D eigenvalue weighted by atomic mass is 10.0. The molecule has 4 aromatic heterocycles. The second kappa shape index (κ2) is 31.2. The van der Waals surface area contributed by atoms with Gasteiger partial charge in [0.2, 0.25) is 0 Å². The Kier molecular flexibility index (Phi) is 22.8. The molecule has 0 fully saturated rings. The maximum absolute atomic E-state index is 10.3. The van der Waals surface area contributed by atoms with Crippen molar-refractivity contribution in [2.75, 3.05) is 28.4 Å². The van der Waals surface area contributed by atoms with Crippen LogP contribution in [0.15, 0.2) is 229 Å². The van der Waals surface area contributed by atoms with Gasteiger partial charge in [0.25, 0.3) is 0 Å². The van der Waals surface area contributed by atoms with Gasteiger partial charge in [-0.1, -0.05) is 84.9 Å². The van der Waals surface area contributed by atoms with Crippen LogP contribution in [0.3, 0.4) is 0 Å². The monoisotopic (exact) mass is 1440 g/mol. The Bertz CT molecular complexity index is 3850. The first-order valence-corrected chi connectivity index (χ1v) is 32.8. The van der Waals surface area contributed by atoms with E-state index in [2.05, 4.69) is 117 Å². The topological polar surface area (TPSA) is 118 Å². The smallest absolute Gasteiger partial charge is 0.122 e. The fourth-order valence-electron chi connectivity index (χ4n) is 9.46. The Morgan fingerprint density at radius 2 is 0.581 bits per heavy atom. The number of ether oxygens (including phenoxy) is 4. The van der Waals surface area contributed by atoms with Gasteiger partial charge in [0.05, 0.1) is 28.4 Å². The van der Waals surface area contributed by atoms with E-state index in [0.29, 0.717) is 48.7 Å². The van der Waals surface area contributed by atoms with Crippen molar-refractivity contribution in [2.45, 2.75) is 25.7 Å². The number of benzene rings is 8. The van der Waals surface area contributed by atoms with Crippen LogP contribution in [0.2, 0.25) is 0 Å². The molecular formula is C72H62I2O8S4. The zero-order chi connectivity index (χ0) is 60.4. The van der Waals surface area contributed by atoms with E-state index in [1.807, 2.05) is 133 Å². The molecule has 0 radical (unpaired) electrons. The quantitative estimate of drug-likeness (QED) is 0.0707. The number of halogens is 2. The minimum absolute atomic E-state index is 0.315. The van der Waals surface area contributed by atoms with Gasteiger partial charge in [0, 0.05) is 62.1 Å². The Morgan fingerprint density at radius 1 is 0.291 bits per heavy atom. The number of phenolic OH excluding ortho intramolecular Hbond substituents is 4. The molecule has 0 amide bonds. The van der Waals surface area contributed by atoms with Crippen LogP contribution in [-0.2, 0) is 25.7 Å². The minimum Gasteiger partial charge on any atom is -0.508 e. The third kappa shape index (κ3) is 16.9. The fourth-order valence-corrected chi connectivity index (χ4v) is 14.2. The zero-order valence-electron chi connectivity index (χ0n) is 47.6. The molecule has 4 heterocycles. The Balaban J connectivity index is 0.000000140. The highest BCUT2D eigenvalue weighted by molar-refractivity contribution is 14.1. The highest BCUT2D eigenvalue weighted by atomic mass is 127. The number of para-hydroxylation sites is 4. The molecule has 0 atom stereocenters. The molecule has 0 saturated carbocycles. The number of phenols is 4. The van der Waals surface area contributed by atoms with Crippen LogP contribution in [0.4, 0.5) is 0 Å². The summed E-state index contributed by atoms with van der Waals surface area (Å²) in [4.78, 5) is 7.52. The molecule has 8 nitrogen and oxygen atoms in total. The maximum atomic E-state index is 10.3. The molecule has 14 heteroatoms. The number of methoxy groups -OCH3 is 4. The van der Waals surface area contributed by atoms with Gasteiger partial charge < -0.3 is 39.4 Å². The molecule has 12 rings (SSSR count). The molecule has 8 aromatic carbocycles. The van der Waals surface area contributed by atoms with Crippen molar-refractivity contribution >= 4 is 90.5 Å². The number of rotatable bonds is 16. The second-order valence-corrected chi connectivity index (χ2v) is 26.0. The van der Waals surface area contributed by atoms with Crippen molar-refractivity contribution in [1.82, 2.24) is 0 Å². The van der Waals surface area contributed by atoms with E-state index < -0.39 is 0 Å². The summed E-state index contributed by atoms with van der Waals surface area (Å²) < 4.78 is 23.7. The van der Waals surface area contributed by atoms with Crippen LogP contribution in [-0.4, -0.2) is 48.9 Å². The largest absolute Gasteiger partial charge is 0.508 e. The Hall–Kier alpha value is -7.58. The molecular weight excluding hydrogens is 1370 g/mol. The third-order valence-electron chi connectivity index (χ3n) is 13.8. The van der Waals surface area contributed by atoms with E-state index in [4.69, 9.17) is 18.9 Å². The average molecular weight is 1440 g/mol. The lowest BCUT2D eigenvalue weighted by Crippen LogP contribution is -1.94. The summed E-state index contributed by atoms with van der Waals surface area (Å²) in [5.74, 6) is 4.68. The standard InChI is InChI=1S/2C22H18O2S2.2C14H13IO2/c2*1-24-19-6-3-2-5-15(19)13-17-14-16(8-9-18(17)23)20-10-11-22(26-20)21-7-4-12-25-21;2*1-17-14-5-3-2-4-10(14)8-11-9-12(15)6-7-13(11)16/h2*2-12,14,23H,13H2,1H3;2*2-7,9,16H,8H2,1H3. The summed E-state index contributed by atoms with van der Waals surface area (Å²) in [6.45, 7) is 0. The number of hydrogen-bond acceptors (Lipinski definition) is 12. The van der Waals surface area contributed by atoms with Crippen molar-refractivity contribution in [1.29, 1.82) is 0 Å². The van der Waals surface area contributed by atoms with Crippen LogP contribution in [0.1, 0.15) is 44.5 Å². The molecule has 0 unspecified atom stereocenters. The number of hydrogen-bond donors (Lipinski definition) is 4. The summed E-state index contributed by atoms with van der Waals surface area (Å²) >= 11 is 11.5. The van der Waals surface area contributed by atoms with Gasteiger partial charge in [-0.25, -0.2) is 0 Å². The van der Waals surface area contributed by atoms with Gasteiger partial charge in [-0.15, -0.1) is 45.3 Å². The fraction of sp³-hybridized carbons (Fsp3) is 0.111. The van der Waals surface area contributed by atoms with Crippen molar-refractivity contribution in [3.8, 4) is 86.4 Å². The summed E-state index contributed by atoms with van der Waals surface area (Å²) in [6.07, 6.45) is 2.61. The van der Waals surface area contributed by atoms with Crippen LogP contribution >= 0.6 is 90.5 Å². The molecule has 0 aliphatic rings. The highest BCUT2D eigenvalue weighted by Gasteiger charge is 2.15. The summed E-state index contributed by atoms with van der Waals surface area (Å²) in [5, 5.41) is 44.5. The van der Waals surface area contributed by atoms with Crippen molar-refractivity contribution < 1.29 is 39.4 Å². The van der Waals surface area contributed by atoms with Gasteiger partial charge in [0.15, 0.2) is 0 Å².